The number of amides is 2. The number of benzene rings is 3. The van der Waals surface area contributed by atoms with Gasteiger partial charge in [0.2, 0.25) is 11.8 Å². The molecule has 170 valence electrons. The Bertz CT molecular complexity index is 1100. The summed E-state index contributed by atoms with van der Waals surface area (Å²) in [5.74, 6) is 0.281. The third-order valence-corrected chi connectivity index (χ3v) is 4.56. The summed E-state index contributed by atoms with van der Waals surface area (Å²) in [6.07, 6.45) is 1.15. The van der Waals surface area contributed by atoms with Crippen LogP contribution in [0.2, 0.25) is 0 Å². The van der Waals surface area contributed by atoms with Crippen molar-refractivity contribution in [1.82, 2.24) is 5.43 Å². The average Bonchev–Trinajstić information content (AvgIpc) is 2.80. The molecule has 3 aromatic carbocycles. The summed E-state index contributed by atoms with van der Waals surface area (Å²) in [6, 6.07) is 22.5. The zero-order chi connectivity index (χ0) is 23.5. The van der Waals surface area contributed by atoms with Crippen LogP contribution in [0.3, 0.4) is 0 Å². The van der Waals surface area contributed by atoms with Gasteiger partial charge in [-0.3, -0.25) is 9.59 Å². The molecule has 33 heavy (non-hydrogen) atoms. The van der Waals surface area contributed by atoms with Gasteiger partial charge < -0.3 is 14.8 Å². The summed E-state index contributed by atoms with van der Waals surface area (Å²) in [7, 11) is 0. The van der Waals surface area contributed by atoms with Crippen molar-refractivity contribution in [1.29, 1.82) is 0 Å². The summed E-state index contributed by atoms with van der Waals surface area (Å²) in [4.78, 5) is 23.9. The molecule has 0 aliphatic carbocycles. The number of nitrogens with zero attached hydrogens (tertiary/aromatic N) is 1. The first-order valence-corrected chi connectivity index (χ1v) is 10.7. The second kappa shape index (κ2) is 12.0. The molecular formula is C26H27N3O4. The zero-order valence-electron chi connectivity index (χ0n) is 18.7. The molecule has 0 heterocycles. The zero-order valence-corrected chi connectivity index (χ0v) is 18.7. The molecule has 0 radical (unpaired) electrons. The van der Waals surface area contributed by atoms with E-state index in [1.165, 1.54) is 11.8 Å². The molecule has 0 aromatic heterocycles. The lowest BCUT2D eigenvalue weighted by Gasteiger charge is -2.12. The lowest BCUT2D eigenvalue weighted by atomic mass is 10.2. The Kier molecular flexibility index (Phi) is 8.59. The first-order chi connectivity index (χ1) is 16.0. The minimum absolute atomic E-state index is 0.331. The highest BCUT2D eigenvalue weighted by Crippen LogP contribution is 2.29. The highest BCUT2D eigenvalue weighted by molar-refractivity contribution is 6.03. The molecule has 7 nitrogen and oxygen atoms in total. The van der Waals surface area contributed by atoms with Gasteiger partial charge in [0.15, 0.2) is 11.5 Å². The number of ether oxygens (including phenoxy) is 2. The average molecular weight is 446 g/mol. The molecule has 0 saturated heterocycles. The summed E-state index contributed by atoms with van der Waals surface area (Å²) in [6.45, 7) is 4.84. The lowest BCUT2D eigenvalue weighted by Crippen LogP contribution is -2.24. The number of carbonyl (C=O) groups excluding carboxylic acids is 2. The van der Waals surface area contributed by atoms with Crippen molar-refractivity contribution in [3.63, 3.8) is 0 Å². The summed E-state index contributed by atoms with van der Waals surface area (Å²) in [5.41, 5.74) is 5.97. The number of nitrogens with one attached hydrogen (secondary N) is 2. The van der Waals surface area contributed by atoms with Crippen LogP contribution >= 0.6 is 0 Å². The molecule has 3 rings (SSSR count). The van der Waals surface area contributed by atoms with Crippen LogP contribution < -0.4 is 20.2 Å². The predicted molar refractivity (Wildman–Crippen MR) is 129 cm³/mol. The number of anilines is 1. The van der Waals surface area contributed by atoms with Crippen LogP contribution in [0.15, 0.2) is 77.9 Å². The predicted octanol–water partition coefficient (Wildman–Crippen LogP) is 4.45. The van der Waals surface area contributed by atoms with E-state index >= 15 is 0 Å². The maximum absolute atomic E-state index is 12.0. The van der Waals surface area contributed by atoms with E-state index in [-0.39, 0.29) is 6.42 Å². The smallest absolute Gasteiger partial charge is 0.249 e. The second-order valence-corrected chi connectivity index (χ2v) is 7.30. The number of hydrogen-bond donors (Lipinski definition) is 2. The molecule has 0 aliphatic heterocycles. The van der Waals surface area contributed by atoms with Gasteiger partial charge in [-0.2, -0.15) is 5.10 Å². The Labute approximate surface area is 193 Å². The Balaban J connectivity index is 1.53. The van der Waals surface area contributed by atoms with Gasteiger partial charge in [-0.05, 0) is 55.3 Å². The van der Waals surface area contributed by atoms with Gasteiger partial charge in [-0.15, -0.1) is 0 Å². The first kappa shape index (κ1) is 23.5. The van der Waals surface area contributed by atoms with Crippen molar-refractivity contribution in [2.75, 3.05) is 11.9 Å². The topological polar surface area (TPSA) is 89.0 Å². The van der Waals surface area contributed by atoms with Crippen LogP contribution in [-0.2, 0) is 16.2 Å². The molecule has 3 aromatic rings. The quantitative estimate of drug-likeness (QED) is 0.274. The number of para-hydroxylation sites is 1. The number of hydrazone groups is 1. The van der Waals surface area contributed by atoms with Crippen molar-refractivity contribution in [2.45, 2.75) is 26.9 Å². The van der Waals surface area contributed by atoms with Gasteiger partial charge in [0.1, 0.15) is 13.0 Å². The molecule has 0 bridgehead atoms. The maximum Gasteiger partial charge on any atom is 0.249 e. The summed E-state index contributed by atoms with van der Waals surface area (Å²) < 4.78 is 11.6. The first-order valence-electron chi connectivity index (χ1n) is 10.7. The van der Waals surface area contributed by atoms with Crippen molar-refractivity contribution >= 4 is 23.7 Å². The fraction of sp³-hybridized carbons (Fsp3) is 0.192. The highest BCUT2D eigenvalue weighted by atomic mass is 16.5. The van der Waals surface area contributed by atoms with Crippen molar-refractivity contribution in [2.24, 2.45) is 5.10 Å². The van der Waals surface area contributed by atoms with Crippen molar-refractivity contribution in [3.8, 4) is 11.5 Å². The van der Waals surface area contributed by atoms with Crippen LogP contribution in [0.1, 0.15) is 30.0 Å². The van der Waals surface area contributed by atoms with Crippen LogP contribution in [0.4, 0.5) is 5.69 Å². The fourth-order valence-corrected chi connectivity index (χ4v) is 2.93. The normalized spacial score (nSPS) is 10.6. The van der Waals surface area contributed by atoms with E-state index in [4.69, 9.17) is 9.47 Å². The number of aryl methyl sites for hydroxylation is 1. The van der Waals surface area contributed by atoms with E-state index in [9.17, 15) is 9.59 Å². The molecule has 0 spiro atoms. The van der Waals surface area contributed by atoms with Gasteiger partial charge in [0.05, 0.1) is 12.8 Å². The highest BCUT2D eigenvalue weighted by Gasteiger charge is 2.09. The Hall–Kier alpha value is -4.13. The molecule has 0 atom stereocenters. The van der Waals surface area contributed by atoms with E-state index in [0.29, 0.717) is 30.4 Å². The van der Waals surface area contributed by atoms with E-state index in [1.54, 1.807) is 36.4 Å². The monoisotopic (exact) mass is 445 g/mol. The molecule has 0 saturated carbocycles. The van der Waals surface area contributed by atoms with Crippen LogP contribution in [0, 0.1) is 6.92 Å². The van der Waals surface area contributed by atoms with Crippen molar-refractivity contribution < 1.29 is 19.1 Å². The Morgan fingerprint density at radius 1 is 0.909 bits per heavy atom. The standard InChI is InChI=1S/C26H27N3O4/c1-3-32-24-15-21(13-14-23(24)33-18-20-11-9-19(2)10-12-20)17-27-29-26(31)16-25(30)28-22-7-5-4-6-8-22/h4-15,17H,3,16,18H2,1-2H3,(H,28,30)(H,29,31). The van der Waals surface area contributed by atoms with E-state index in [0.717, 1.165) is 11.1 Å². The summed E-state index contributed by atoms with van der Waals surface area (Å²) >= 11 is 0. The maximum atomic E-state index is 12.0. The fourth-order valence-electron chi connectivity index (χ4n) is 2.93. The number of carbonyl (C=O) groups is 2. The Morgan fingerprint density at radius 2 is 1.67 bits per heavy atom. The molecule has 2 amide bonds. The molecule has 0 aliphatic rings. The van der Waals surface area contributed by atoms with Gasteiger partial charge in [0, 0.05) is 5.69 Å². The third-order valence-electron chi connectivity index (χ3n) is 4.56. The second-order valence-electron chi connectivity index (χ2n) is 7.30. The molecule has 2 N–H and O–H groups in total. The van der Waals surface area contributed by atoms with E-state index in [2.05, 4.69) is 15.8 Å². The summed E-state index contributed by atoms with van der Waals surface area (Å²) in [5, 5.41) is 6.59. The van der Waals surface area contributed by atoms with Gasteiger partial charge in [-0.25, -0.2) is 5.43 Å². The van der Waals surface area contributed by atoms with Gasteiger partial charge in [-0.1, -0.05) is 48.0 Å². The molecule has 0 unspecified atom stereocenters. The van der Waals surface area contributed by atoms with E-state index in [1.807, 2.05) is 50.2 Å². The number of hydrogen-bond acceptors (Lipinski definition) is 5. The lowest BCUT2D eigenvalue weighted by molar-refractivity contribution is -0.126. The van der Waals surface area contributed by atoms with Crippen LogP contribution in [-0.4, -0.2) is 24.6 Å². The van der Waals surface area contributed by atoms with Gasteiger partial charge >= 0.3 is 0 Å². The van der Waals surface area contributed by atoms with Crippen molar-refractivity contribution in [3.05, 3.63) is 89.5 Å². The Morgan fingerprint density at radius 3 is 2.39 bits per heavy atom. The minimum atomic E-state index is -0.511. The van der Waals surface area contributed by atoms with Crippen LogP contribution in [0.25, 0.3) is 0 Å². The molecular weight excluding hydrogens is 418 g/mol. The number of rotatable bonds is 10. The molecule has 0 fully saturated rings. The largest absolute Gasteiger partial charge is 0.490 e. The molecule has 7 heteroatoms. The van der Waals surface area contributed by atoms with E-state index < -0.39 is 11.8 Å². The minimum Gasteiger partial charge on any atom is -0.490 e. The third kappa shape index (κ3) is 7.81. The SMILES string of the molecule is CCOc1cc(C=NNC(=O)CC(=O)Nc2ccccc2)ccc1OCc1ccc(C)cc1. The van der Waals surface area contributed by atoms with Crippen LogP contribution in [0.5, 0.6) is 11.5 Å². The van der Waals surface area contributed by atoms with Gasteiger partial charge in [0.25, 0.3) is 0 Å².